The van der Waals surface area contributed by atoms with Crippen molar-refractivity contribution in [3.63, 3.8) is 0 Å². The first kappa shape index (κ1) is 15.5. The highest BCUT2D eigenvalue weighted by atomic mass is 32.1. The normalized spacial score (nSPS) is 24.9. The lowest BCUT2D eigenvalue weighted by molar-refractivity contribution is 0.0496. The second-order valence-corrected chi connectivity index (χ2v) is 7.23. The fourth-order valence-corrected chi connectivity index (χ4v) is 4.32. The zero-order valence-electron chi connectivity index (χ0n) is 14.3. The summed E-state index contributed by atoms with van der Waals surface area (Å²) in [5, 5.41) is 4.27. The Morgan fingerprint density at radius 2 is 2.08 bits per heavy atom. The van der Waals surface area contributed by atoms with Gasteiger partial charge in [-0.2, -0.15) is 0 Å². The standard InChI is InChI=1S/C20H22N2OS/c1-4-14-7-5-6-8-17(14)22-19(24)21-16-12-20(22,3)23-18-10-9-13(2)11-15(16)18/h5-11,16H,4,12H2,1-3H3,(H,21,24)/t16-,20+/m0/s1. The lowest BCUT2D eigenvalue weighted by Crippen LogP contribution is -2.65. The minimum atomic E-state index is -0.472. The van der Waals surface area contributed by atoms with Gasteiger partial charge in [0.15, 0.2) is 10.8 Å². The molecule has 2 aromatic carbocycles. The molecule has 1 N–H and O–H groups in total. The maximum absolute atomic E-state index is 6.48. The van der Waals surface area contributed by atoms with Gasteiger partial charge >= 0.3 is 0 Å². The predicted octanol–water partition coefficient (Wildman–Crippen LogP) is 4.49. The monoisotopic (exact) mass is 338 g/mol. The molecule has 0 aliphatic carbocycles. The Labute approximate surface area is 148 Å². The van der Waals surface area contributed by atoms with Crippen molar-refractivity contribution in [3.05, 3.63) is 59.2 Å². The van der Waals surface area contributed by atoms with Crippen molar-refractivity contribution in [2.75, 3.05) is 4.90 Å². The third-order valence-electron chi connectivity index (χ3n) is 5.04. The number of thiocarbonyl (C=S) groups is 1. The molecular weight excluding hydrogens is 316 g/mol. The number of hydrogen-bond donors (Lipinski definition) is 1. The van der Waals surface area contributed by atoms with Crippen molar-refractivity contribution in [2.24, 2.45) is 0 Å². The highest BCUT2D eigenvalue weighted by Crippen LogP contribution is 2.46. The third kappa shape index (κ3) is 2.28. The second kappa shape index (κ2) is 5.49. The summed E-state index contributed by atoms with van der Waals surface area (Å²) in [6.45, 7) is 6.42. The third-order valence-corrected chi connectivity index (χ3v) is 5.34. The van der Waals surface area contributed by atoms with Crippen LogP contribution >= 0.6 is 12.2 Å². The molecule has 0 unspecified atom stereocenters. The maximum atomic E-state index is 6.48. The summed E-state index contributed by atoms with van der Waals surface area (Å²) >= 11 is 5.74. The molecule has 2 bridgehead atoms. The number of hydrogen-bond acceptors (Lipinski definition) is 2. The molecule has 1 fully saturated rings. The molecule has 124 valence electrons. The number of anilines is 1. The van der Waals surface area contributed by atoms with Crippen LogP contribution in [0.5, 0.6) is 5.75 Å². The molecule has 2 atom stereocenters. The summed E-state index contributed by atoms with van der Waals surface area (Å²) in [6, 6.07) is 15.0. The number of aryl methyl sites for hydroxylation is 2. The number of benzene rings is 2. The minimum Gasteiger partial charge on any atom is -0.467 e. The Balaban J connectivity index is 1.82. The maximum Gasteiger partial charge on any atom is 0.188 e. The van der Waals surface area contributed by atoms with Gasteiger partial charge in [-0.25, -0.2) is 0 Å². The van der Waals surface area contributed by atoms with E-state index in [0.29, 0.717) is 0 Å². The molecule has 3 nitrogen and oxygen atoms in total. The zero-order valence-corrected chi connectivity index (χ0v) is 15.1. The highest BCUT2D eigenvalue weighted by molar-refractivity contribution is 7.80. The summed E-state index contributed by atoms with van der Waals surface area (Å²) in [7, 11) is 0. The molecule has 2 aromatic rings. The van der Waals surface area contributed by atoms with Gasteiger partial charge in [0.1, 0.15) is 5.75 Å². The molecule has 2 aliphatic rings. The highest BCUT2D eigenvalue weighted by Gasteiger charge is 2.48. The molecule has 4 rings (SSSR count). The summed E-state index contributed by atoms with van der Waals surface area (Å²) in [4.78, 5) is 2.15. The van der Waals surface area contributed by atoms with E-state index in [2.05, 4.69) is 73.5 Å². The van der Waals surface area contributed by atoms with Gasteiger partial charge < -0.3 is 10.1 Å². The number of fused-ring (bicyclic) bond motifs is 4. The molecule has 4 heteroatoms. The van der Waals surface area contributed by atoms with E-state index in [-0.39, 0.29) is 6.04 Å². The van der Waals surface area contributed by atoms with Gasteiger partial charge in [0, 0.05) is 12.0 Å². The van der Waals surface area contributed by atoms with Crippen molar-refractivity contribution in [3.8, 4) is 5.75 Å². The molecule has 24 heavy (non-hydrogen) atoms. The quantitative estimate of drug-likeness (QED) is 0.815. The van der Waals surface area contributed by atoms with E-state index in [1.54, 1.807) is 0 Å². The van der Waals surface area contributed by atoms with E-state index in [1.165, 1.54) is 16.7 Å². The molecule has 2 aliphatic heterocycles. The number of para-hydroxylation sites is 1. The van der Waals surface area contributed by atoms with Gasteiger partial charge in [-0.05, 0) is 50.2 Å². The summed E-state index contributed by atoms with van der Waals surface area (Å²) < 4.78 is 6.48. The number of nitrogens with zero attached hydrogens (tertiary/aromatic N) is 1. The van der Waals surface area contributed by atoms with E-state index >= 15 is 0 Å². The lowest BCUT2D eigenvalue weighted by atomic mass is 9.89. The van der Waals surface area contributed by atoms with Crippen LogP contribution in [0.2, 0.25) is 0 Å². The molecule has 0 radical (unpaired) electrons. The van der Waals surface area contributed by atoms with Gasteiger partial charge in [0.05, 0.1) is 11.7 Å². The first-order valence-corrected chi connectivity index (χ1v) is 8.91. The smallest absolute Gasteiger partial charge is 0.188 e. The average Bonchev–Trinajstić information content (AvgIpc) is 2.55. The van der Waals surface area contributed by atoms with Gasteiger partial charge in [-0.3, -0.25) is 4.90 Å². The first-order valence-electron chi connectivity index (χ1n) is 8.50. The van der Waals surface area contributed by atoms with Gasteiger partial charge in [0.25, 0.3) is 0 Å². The molecule has 0 amide bonds. The van der Waals surface area contributed by atoms with Crippen LogP contribution in [0.3, 0.4) is 0 Å². The van der Waals surface area contributed by atoms with E-state index in [4.69, 9.17) is 17.0 Å². The van der Waals surface area contributed by atoms with Crippen LogP contribution in [-0.4, -0.2) is 10.8 Å². The molecular formula is C20H22N2OS. The van der Waals surface area contributed by atoms with Crippen molar-refractivity contribution < 1.29 is 4.74 Å². The van der Waals surface area contributed by atoms with Crippen molar-refractivity contribution >= 4 is 23.0 Å². The van der Waals surface area contributed by atoms with Crippen molar-refractivity contribution in [1.82, 2.24) is 5.32 Å². The number of ether oxygens (including phenoxy) is 1. The van der Waals surface area contributed by atoms with Gasteiger partial charge in [-0.15, -0.1) is 0 Å². The molecule has 0 saturated carbocycles. The molecule has 1 saturated heterocycles. The number of nitrogens with one attached hydrogen (secondary N) is 1. The van der Waals surface area contributed by atoms with Crippen LogP contribution in [0.15, 0.2) is 42.5 Å². The molecule has 0 aromatic heterocycles. The van der Waals surface area contributed by atoms with Crippen LogP contribution in [-0.2, 0) is 6.42 Å². The largest absolute Gasteiger partial charge is 0.467 e. The average molecular weight is 338 g/mol. The molecule has 0 spiro atoms. The summed E-state index contributed by atoms with van der Waals surface area (Å²) in [5.41, 5.74) is 4.39. The van der Waals surface area contributed by atoms with E-state index in [9.17, 15) is 0 Å². The van der Waals surface area contributed by atoms with Crippen LogP contribution in [0.4, 0.5) is 5.69 Å². The van der Waals surface area contributed by atoms with E-state index in [0.717, 1.165) is 29.4 Å². The predicted molar refractivity (Wildman–Crippen MR) is 102 cm³/mol. The Kier molecular flexibility index (Phi) is 3.53. The Morgan fingerprint density at radius 3 is 2.88 bits per heavy atom. The topological polar surface area (TPSA) is 24.5 Å². The fraction of sp³-hybridized carbons (Fsp3) is 0.350. The van der Waals surface area contributed by atoms with Crippen molar-refractivity contribution in [2.45, 2.75) is 45.4 Å². The van der Waals surface area contributed by atoms with Crippen molar-refractivity contribution in [1.29, 1.82) is 0 Å². The number of rotatable bonds is 2. The SMILES string of the molecule is CCc1ccccc1N1C(=S)N[C@H]2C[C@@]1(C)Oc1ccc(C)cc12. The van der Waals surface area contributed by atoms with Gasteiger partial charge in [0.2, 0.25) is 0 Å². The van der Waals surface area contributed by atoms with E-state index in [1.807, 2.05) is 0 Å². The molecule has 2 heterocycles. The Morgan fingerprint density at radius 1 is 1.29 bits per heavy atom. The van der Waals surface area contributed by atoms with Crippen LogP contribution in [0.25, 0.3) is 0 Å². The van der Waals surface area contributed by atoms with Crippen LogP contribution in [0, 0.1) is 6.92 Å². The minimum absolute atomic E-state index is 0.205. The zero-order chi connectivity index (χ0) is 16.9. The first-order chi connectivity index (χ1) is 11.5. The Bertz CT molecular complexity index is 819. The fourth-order valence-electron chi connectivity index (χ4n) is 3.89. The van der Waals surface area contributed by atoms with Crippen LogP contribution < -0.4 is 15.0 Å². The lowest BCUT2D eigenvalue weighted by Gasteiger charge is -2.52. The van der Waals surface area contributed by atoms with Gasteiger partial charge in [-0.1, -0.05) is 42.8 Å². The van der Waals surface area contributed by atoms with Crippen LogP contribution in [0.1, 0.15) is 43.0 Å². The Hall–Kier alpha value is -2.07. The summed E-state index contributed by atoms with van der Waals surface area (Å²) in [6.07, 6.45) is 1.83. The summed E-state index contributed by atoms with van der Waals surface area (Å²) in [5.74, 6) is 0.952. The van der Waals surface area contributed by atoms with E-state index < -0.39 is 5.72 Å². The second-order valence-electron chi connectivity index (χ2n) is 6.84.